The summed E-state index contributed by atoms with van der Waals surface area (Å²) in [5, 5.41) is 14.2. The van der Waals surface area contributed by atoms with Gasteiger partial charge < -0.3 is 39.3 Å². The molecule has 0 spiro atoms. The summed E-state index contributed by atoms with van der Waals surface area (Å²) in [5.74, 6) is 0.628. The topological polar surface area (TPSA) is 232 Å². The number of aliphatic hydroxyl groups is 1. The van der Waals surface area contributed by atoms with Gasteiger partial charge in [-0.2, -0.15) is 8.62 Å². The van der Waals surface area contributed by atoms with Gasteiger partial charge in [0.25, 0.3) is 0 Å². The van der Waals surface area contributed by atoms with E-state index in [1.807, 2.05) is 6.92 Å². The average molecular weight is 532 g/mol. The molecule has 33 heavy (non-hydrogen) atoms. The summed E-state index contributed by atoms with van der Waals surface area (Å²) in [7, 11) is -16.5. The van der Waals surface area contributed by atoms with Crippen LogP contribution in [0.4, 0.5) is 5.82 Å². The minimum absolute atomic E-state index is 0.0654. The van der Waals surface area contributed by atoms with Crippen molar-refractivity contribution in [1.82, 2.24) is 14.5 Å². The van der Waals surface area contributed by atoms with Crippen LogP contribution < -0.4 is 5.32 Å². The minimum Gasteiger partial charge on any atom is -0.390 e. The Hall–Kier alpha value is -1.25. The molecule has 0 aliphatic carbocycles. The lowest BCUT2D eigenvalue weighted by molar-refractivity contribution is -0.0421. The average Bonchev–Trinajstić information content (AvgIpc) is 3.25. The maximum absolute atomic E-state index is 11.9. The highest BCUT2D eigenvalue weighted by Crippen LogP contribution is 2.66. The molecule has 0 bridgehead atoms. The van der Waals surface area contributed by atoms with Crippen LogP contribution in [0, 0.1) is 0 Å². The number of phosphoric ester groups is 1. The van der Waals surface area contributed by atoms with Gasteiger partial charge in [0.05, 0.1) is 18.1 Å². The first-order chi connectivity index (χ1) is 15.3. The molecule has 186 valence electrons. The van der Waals surface area contributed by atoms with Crippen molar-refractivity contribution in [2.45, 2.75) is 38.2 Å². The normalized spacial score (nSPS) is 25.1. The molecule has 1 aliphatic heterocycles. The van der Waals surface area contributed by atoms with E-state index in [1.165, 1.54) is 6.33 Å². The molecule has 0 amide bonds. The first kappa shape index (κ1) is 26.4. The third-order valence-corrected chi connectivity index (χ3v) is 8.19. The second-order valence-corrected chi connectivity index (χ2v) is 11.3. The highest BCUT2D eigenvalue weighted by atomic mass is 31.3. The monoisotopic (exact) mass is 532 g/mol. The number of hydrogen-bond acceptors (Lipinski definition) is 11. The molecular weight excluding hydrogens is 509 g/mol. The Labute approximate surface area is 187 Å². The van der Waals surface area contributed by atoms with Gasteiger partial charge in [-0.3, -0.25) is 4.52 Å². The Bertz CT molecular complexity index is 1120. The van der Waals surface area contributed by atoms with Crippen LogP contribution >= 0.6 is 23.5 Å². The van der Waals surface area contributed by atoms with Gasteiger partial charge in [-0.25, -0.2) is 23.7 Å². The van der Waals surface area contributed by atoms with Gasteiger partial charge in [0.1, 0.15) is 30.1 Å². The number of phosphoric acid groups is 3. The predicted molar refractivity (Wildman–Crippen MR) is 111 cm³/mol. The molecule has 16 nitrogen and oxygen atoms in total. The van der Waals surface area contributed by atoms with Crippen molar-refractivity contribution in [1.29, 1.82) is 0 Å². The lowest BCUT2D eigenvalue weighted by atomic mass is 10.2. The van der Waals surface area contributed by atoms with Crippen LogP contribution in [0.5, 0.6) is 0 Å². The van der Waals surface area contributed by atoms with Crippen molar-refractivity contribution < 1.29 is 56.3 Å². The van der Waals surface area contributed by atoms with Gasteiger partial charge in [-0.1, -0.05) is 6.92 Å². The molecular formula is C14H23N4O12P3. The van der Waals surface area contributed by atoms with Crippen molar-refractivity contribution in [2.24, 2.45) is 0 Å². The standard InChI is InChI=1S/C14H23N4O12P3/c1-2-4-15-13-9-3-5-18(14(9)17-8-16-13)12-6-10(19)11(28-12)7-27-32(23,24)30-33(25,26)29-31(20,21)22/h3,5,8,10-12,19H,2,4,6-7H2,1H3,(H,23,24)(H,25,26)(H,15,16,17)(H2,20,21,22)/t10-,11-,12-/m1/s1. The smallest absolute Gasteiger partial charge is 0.390 e. The summed E-state index contributed by atoms with van der Waals surface area (Å²) in [4.78, 5) is 44.3. The van der Waals surface area contributed by atoms with Crippen molar-refractivity contribution >= 4 is 40.3 Å². The van der Waals surface area contributed by atoms with Crippen molar-refractivity contribution in [3.8, 4) is 0 Å². The summed E-state index contributed by atoms with van der Waals surface area (Å²) < 4.78 is 53.1. The zero-order valence-electron chi connectivity index (χ0n) is 17.1. The highest BCUT2D eigenvalue weighted by Gasteiger charge is 2.43. The summed E-state index contributed by atoms with van der Waals surface area (Å²) in [6.45, 7) is 1.96. The van der Waals surface area contributed by atoms with Gasteiger partial charge in [-0.05, 0) is 12.5 Å². The lowest BCUT2D eigenvalue weighted by Crippen LogP contribution is -2.26. The van der Waals surface area contributed by atoms with Crippen LogP contribution in [-0.2, 0) is 31.6 Å². The van der Waals surface area contributed by atoms with E-state index in [0.717, 1.165) is 11.8 Å². The number of anilines is 1. The molecule has 1 saturated heterocycles. The number of ether oxygens (including phenoxy) is 1. The quantitative estimate of drug-likeness (QED) is 0.224. The number of rotatable bonds is 11. The number of fused-ring (bicyclic) bond motifs is 1. The van der Waals surface area contributed by atoms with Crippen LogP contribution in [0.2, 0.25) is 0 Å². The molecule has 2 unspecified atom stereocenters. The Morgan fingerprint density at radius 1 is 1.18 bits per heavy atom. The molecule has 2 aromatic rings. The number of hydrogen-bond donors (Lipinski definition) is 6. The molecule has 0 saturated carbocycles. The number of aromatic nitrogens is 3. The predicted octanol–water partition coefficient (Wildman–Crippen LogP) is 1.24. The summed E-state index contributed by atoms with van der Waals surface area (Å²) in [5.41, 5.74) is 0.523. The molecule has 0 aromatic carbocycles. The SMILES string of the molecule is CCCNc1ncnc2c1ccn2[C@H]1C[C@@H](O)[C@@H](COP(=O)(O)OP(=O)(O)OP(=O)(O)O)O1. The van der Waals surface area contributed by atoms with Crippen LogP contribution in [-0.4, -0.2) is 64.6 Å². The molecule has 3 rings (SSSR count). The fourth-order valence-electron chi connectivity index (χ4n) is 3.09. The van der Waals surface area contributed by atoms with Gasteiger partial charge >= 0.3 is 23.5 Å². The molecule has 2 aromatic heterocycles. The third kappa shape index (κ3) is 7.12. The zero-order chi connectivity index (χ0) is 24.4. The zero-order valence-corrected chi connectivity index (χ0v) is 19.8. The molecule has 6 N–H and O–H groups in total. The molecule has 5 atom stereocenters. The van der Waals surface area contributed by atoms with E-state index >= 15 is 0 Å². The number of aliphatic hydroxyl groups excluding tert-OH is 1. The Morgan fingerprint density at radius 3 is 2.58 bits per heavy atom. The van der Waals surface area contributed by atoms with E-state index in [2.05, 4.69) is 28.4 Å². The number of nitrogens with zero attached hydrogens (tertiary/aromatic N) is 3. The van der Waals surface area contributed by atoms with Crippen LogP contribution in [0.3, 0.4) is 0 Å². The molecule has 19 heteroatoms. The maximum Gasteiger partial charge on any atom is 0.490 e. The van der Waals surface area contributed by atoms with E-state index in [4.69, 9.17) is 14.5 Å². The second kappa shape index (κ2) is 10.2. The second-order valence-electron chi connectivity index (χ2n) is 6.93. The van der Waals surface area contributed by atoms with E-state index in [1.54, 1.807) is 16.8 Å². The van der Waals surface area contributed by atoms with E-state index in [0.29, 0.717) is 18.0 Å². The summed E-state index contributed by atoms with van der Waals surface area (Å²) in [6.07, 6.45) is 0.988. The molecule has 1 aliphatic rings. The van der Waals surface area contributed by atoms with E-state index in [-0.39, 0.29) is 6.42 Å². The third-order valence-electron chi connectivity index (χ3n) is 4.38. The van der Waals surface area contributed by atoms with Gasteiger partial charge in [0.15, 0.2) is 0 Å². The van der Waals surface area contributed by atoms with Crippen LogP contribution in [0.1, 0.15) is 26.0 Å². The van der Waals surface area contributed by atoms with E-state index < -0.39 is 48.5 Å². The van der Waals surface area contributed by atoms with Gasteiger partial charge in [0.2, 0.25) is 0 Å². The Balaban J connectivity index is 1.65. The largest absolute Gasteiger partial charge is 0.490 e. The highest BCUT2D eigenvalue weighted by molar-refractivity contribution is 7.66. The maximum atomic E-state index is 11.9. The summed E-state index contributed by atoms with van der Waals surface area (Å²) >= 11 is 0. The van der Waals surface area contributed by atoms with Crippen LogP contribution in [0.25, 0.3) is 11.0 Å². The fraction of sp³-hybridized carbons (Fsp3) is 0.571. The van der Waals surface area contributed by atoms with Gasteiger partial charge in [-0.15, -0.1) is 0 Å². The summed E-state index contributed by atoms with van der Waals surface area (Å²) in [6, 6.07) is 1.77. The first-order valence-corrected chi connectivity index (χ1v) is 14.0. The minimum atomic E-state index is -5.63. The van der Waals surface area contributed by atoms with Crippen LogP contribution in [0.15, 0.2) is 18.6 Å². The Kier molecular flexibility index (Phi) is 8.12. The van der Waals surface area contributed by atoms with Crippen molar-refractivity contribution in [3.05, 3.63) is 18.6 Å². The molecule has 3 heterocycles. The molecule has 0 radical (unpaired) electrons. The van der Waals surface area contributed by atoms with Crippen molar-refractivity contribution in [2.75, 3.05) is 18.5 Å². The van der Waals surface area contributed by atoms with E-state index in [9.17, 15) is 28.6 Å². The fourth-order valence-corrected chi connectivity index (χ4v) is 6.12. The lowest BCUT2D eigenvalue weighted by Gasteiger charge is -2.19. The Morgan fingerprint density at radius 2 is 1.91 bits per heavy atom. The van der Waals surface area contributed by atoms with Crippen molar-refractivity contribution in [3.63, 3.8) is 0 Å². The molecule has 1 fully saturated rings. The number of nitrogens with one attached hydrogen (secondary N) is 1. The first-order valence-electron chi connectivity index (χ1n) is 9.47. The van der Waals surface area contributed by atoms with Gasteiger partial charge in [0, 0.05) is 19.2 Å².